The number of hydrogen-bond donors (Lipinski definition) is 1. The Kier molecular flexibility index (Phi) is 9.10. The fourth-order valence-corrected chi connectivity index (χ4v) is 7.10. The Morgan fingerprint density at radius 1 is 0.429 bits per heavy atom. The predicted octanol–water partition coefficient (Wildman–Crippen LogP) is 10.8. The van der Waals surface area contributed by atoms with Gasteiger partial charge in [0.1, 0.15) is 28.7 Å². The van der Waals surface area contributed by atoms with Gasteiger partial charge in [-0.1, -0.05) is 93.9 Å². The summed E-state index contributed by atoms with van der Waals surface area (Å²) in [6, 6.07) is 44.5. The number of phenolic OH excluding ortho intramolecular Hbond substituents is 1. The van der Waals surface area contributed by atoms with Gasteiger partial charge in [-0.2, -0.15) is 0 Å². The molecule has 0 aliphatic heterocycles. The van der Waals surface area contributed by atoms with E-state index in [0.29, 0.717) is 23.0 Å². The van der Waals surface area contributed by atoms with E-state index in [0.717, 1.165) is 11.1 Å². The molecule has 0 aliphatic rings. The molecule has 0 unspecified atom stereocenters. The summed E-state index contributed by atoms with van der Waals surface area (Å²) in [6.07, 6.45) is 0. The molecule has 0 saturated heterocycles. The van der Waals surface area contributed by atoms with E-state index in [1.165, 1.54) is 16.7 Å². The highest BCUT2D eigenvalue weighted by molar-refractivity contribution is 7.91. The first kappa shape index (κ1) is 33.6. The zero-order valence-corrected chi connectivity index (χ0v) is 29.2. The van der Waals surface area contributed by atoms with Gasteiger partial charge in [0.15, 0.2) is 0 Å². The van der Waals surface area contributed by atoms with Gasteiger partial charge in [-0.05, 0) is 114 Å². The zero-order chi connectivity index (χ0) is 34.8. The van der Waals surface area contributed by atoms with E-state index in [2.05, 4.69) is 71.0 Å². The van der Waals surface area contributed by atoms with Gasteiger partial charge in [0, 0.05) is 10.8 Å². The van der Waals surface area contributed by atoms with Crippen LogP contribution in [0, 0.1) is 6.92 Å². The molecule has 49 heavy (non-hydrogen) atoms. The van der Waals surface area contributed by atoms with Gasteiger partial charge >= 0.3 is 0 Å². The Hall–Kier alpha value is -5.33. The molecule has 0 amide bonds. The summed E-state index contributed by atoms with van der Waals surface area (Å²) in [7, 11) is -3.75. The standard InChI is InChI=1S/C43H40O5S/c1-30-6-8-31(9-7-30)42(2,3)33-12-18-36(19-13-33)47-38-22-26-40(27-23-38)49(45,46)41-28-24-39(25-29-41)48-37-20-14-34(15-21-37)43(4,5)32-10-16-35(44)17-11-32/h6-29,44H,1-5H3. The molecule has 0 radical (unpaired) electrons. The Bertz CT molecular complexity index is 1980. The molecule has 0 aliphatic carbocycles. The molecular weight excluding hydrogens is 629 g/mol. The molecule has 0 aromatic heterocycles. The highest BCUT2D eigenvalue weighted by Gasteiger charge is 2.24. The minimum Gasteiger partial charge on any atom is -0.508 e. The summed E-state index contributed by atoms with van der Waals surface area (Å²) in [5.41, 5.74) is 5.40. The van der Waals surface area contributed by atoms with Crippen LogP contribution >= 0.6 is 0 Å². The van der Waals surface area contributed by atoms with Gasteiger partial charge in [0.2, 0.25) is 9.84 Å². The van der Waals surface area contributed by atoms with Crippen LogP contribution < -0.4 is 9.47 Å². The smallest absolute Gasteiger partial charge is 0.206 e. The van der Waals surface area contributed by atoms with Gasteiger partial charge in [-0.3, -0.25) is 0 Å². The van der Waals surface area contributed by atoms with Crippen LogP contribution in [-0.2, 0) is 20.7 Å². The average Bonchev–Trinajstić information content (AvgIpc) is 3.10. The number of aromatic hydroxyl groups is 1. The van der Waals surface area contributed by atoms with Crippen LogP contribution in [0.5, 0.6) is 28.7 Å². The minimum atomic E-state index is -3.75. The zero-order valence-electron chi connectivity index (χ0n) is 28.3. The second-order valence-corrected chi connectivity index (χ2v) is 15.3. The van der Waals surface area contributed by atoms with Gasteiger partial charge in [-0.25, -0.2) is 8.42 Å². The molecule has 0 spiro atoms. The van der Waals surface area contributed by atoms with Crippen molar-refractivity contribution in [1.82, 2.24) is 0 Å². The van der Waals surface area contributed by atoms with E-state index in [-0.39, 0.29) is 26.4 Å². The van der Waals surface area contributed by atoms with Gasteiger partial charge in [-0.15, -0.1) is 0 Å². The number of benzene rings is 6. The quantitative estimate of drug-likeness (QED) is 0.157. The number of sulfone groups is 1. The molecule has 248 valence electrons. The third kappa shape index (κ3) is 7.25. The fraction of sp³-hybridized carbons (Fsp3) is 0.163. The highest BCUT2D eigenvalue weighted by Crippen LogP contribution is 2.36. The van der Waals surface area contributed by atoms with E-state index in [9.17, 15) is 13.5 Å². The SMILES string of the molecule is Cc1ccc(C(C)(C)c2ccc(Oc3ccc(S(=O)(=O)c4ccc(Oc5ccc(C(C)(C)c6ccc(O)cc6)cc5)cc4)cc3)cc2)cc1. The number of aryl methyl sites for hydroxylation is 1. The number of rotatable bonds is 10. The first-order valence-electron chi connectivity index (χ1n) is 16.2. The first-order valence-corrected chi connectivity index (χ1v) is 17.7. The van der Waals surface area contributed by atoms with Crippen molar-refractivity contribution >= 4 is 9.84 Å². The Labute approximate surface area is 289 Å². The van der Waals surface area contributed by atoms with Crippen molar-refractivity contribution in [3.05, 3.63) is 173 Å². The molecule has 5 nitrogen and oxygen atoms in total. The lowest BCUT2D eigenvalue weighted by molar-refractivity contribution is 0.474. The van der Waals surface area contributed by atoms with Crippen molar-refractivity contribution in [1.29, 1.82) is 0 Å². The molecule has 0 bridgehead atoms. The third-order valence-electron chi connectivity index (χ3n) is 9.25. The first-order chi connectivity index (χ1) is 23.3. The Morgan fingerprint density at radius 2 is 0.694 bits per heavy atom. The number of ether oxygens (including phenoxy) is 2. The summed E-state index contributed by atoms with van der Waals surface area (Å²) >= 11 is 0. The van der Waals surface area contributed by atoms with Gasteiger partial charge < -0.3 is 14.6 Å². The Morgan fingerprint density at radius 3 is 1.02 bits per heavy atom. The number of phenols is 1. The van der Waals surface area contributed by atoms with E-state index in [1.807, 2.05) is 48.5 Å². The van der Waals surface area contributed by atoms with Crippen molar-refractivity contribution in [3.8, 4) is 28.7 Å². The molecule has 6 aromatic rings. The summed E-state index contributed by atoms with van der Waals surface area (Å²) in [5.74, 6) is 2.63. The van der Waals surface area contributed by atoms with E-state index >= 15 is 0 Å². The lowest BCUT2D eigenvalue weighted by Crippen LogP contribution is -2.18. The lowest BCUT2D eigenvalue weighted by atomic mass is 9.78. The van der Waals surface area contributed by atoms with Crippen molar-refractivity contribution in [2.45, 2.75) is 55.2 Å². The van der Waals surface area contributed by atoms with E-state index in [1.54, 1.807) is 60.7 Å². The van der Waals surface area contributed by atoms with Crippen LogP contribution in [0.25, 0.3) is 0 Å². The third-order valence-corrected chi connectivity index (χ3v) is 11.0. The fourth-order valence-electron chi connectivity index (χ4n) is 5.84. The summed E-state index contributed by atoms with van der Waals surface area (Å²) in [6.45, 7) is 10.7. The largest absolute Gasteiger partial charge is 0.508 e. The molecule has 0 saturated carbocycles. The molecular formula is C43H40O5S. The molecule has 6 rings (SSSR count). The van der Waals surface area contributed by atoms with Gasteiger partial charge in [0.25, 0.3) is 0 Å². The van der Waals surface area contributed by atoms with Crippen molar-refractivity contribution < 1.29 is 23.0 Å². The second kappa shape index (κ2) is 13.3. The van der Waals surface area contributed by atoms with Crippen LogP contribution in [-0.4, -0.2) is 13.5 Å². The topological polar surface area (TPSA) is 72.8 Å². The minimum absolute atomic E-state index is 0.161. The maximum absolute atomic E-state index is 13.4. The summed E-state index contributed by atoms with van der Waals surface area (Å²) < 4.78 is 38.9. The highest BCUT2D eigenvalue weighted by atomic mass is 32.2. The second-order valence-electron chi connectivity index (χ2n) is 13.4. The molecule has 0 fully saturated rings. The monoisotopic (exact) mass is 668 g/mol. The van der Waals surface area contributed by atoms with Crippen molar-refractivity contribution in [2.75, 3.05) is 0 Å². The summed E-state index contributed by atoms with van der Waals surface area (Å²) in [5, 5.41) is 9.64. The van der Waals surface area contributed by atoms with Crippen LogP contribution in [0.1, 0.15) is 55.5 Å². The molecule has 6 heteroatoms. The van der Waals surface area contributed by atoms with Crippen LogP contribution in [0.3, 0.4) is 0 Å². The molecule has 1 N–H and O–H groups in total. The Balaban J connectivity index is 1.08. The maximum Gasteiger partial charge on any atom is 0.206 e. The van der Waals surface area contributed by atoms with E-state index in [4.69, 9.17) is 9.47 Å². The average molecular weight is 669 g/mol. The van der Waals surface area contributed by atoms with Gasteiger partial charge in [0.05, 0.1) is 9.79 Å². The van der Waals surface area contributed by atoms with Crippen LogP contribution in [0.2, 0.25) is 0 Å². The summed E-state index contributed by atoms with van der Waals surface area (Å²) in [4.78, 5) is 0.349. The molecule has 0 heterocycles. The van der Waals surface area contributed by atoms with Crippen molar-refractivity contribution in [2.24, 2.45) is 0 Å². The van der Waals surface area contributed by atoms with E-state index < -0.39 is 9.84 Å². The lowest BCUT2D eigenvalue weighted by Gasteiger charge is -2.26. The molecule has 0 atom stereocenters. The van der Waals surface area contributed by atoms with Crippen molar-refractivity contribution in [3.63, 3.8) is 0 Å². The predicted molar refractivity (Wildman–Crippen MR) is 195 cm³/mol. The normalized spacial score (nSPS) is 12.0. The van der Waals surface area contributed by atoms with Crippen LogP contribution in [0.15, 0.2) is 155 Å². The maximum atomic E-state index is 13.4. The molecule has 6 aromatic carbocycles. The number of hydrogen-bond acceptors (Lipinski definition) is 5. The van der Waals surface area contributed by atoms with Crippen LogP contribution in [0.4, 0.5) is 0 Å².